The van der Waals surface area contributed by atoms with E-state index >= 15 is 0 Å². The molecule has 0 spiro atoms. The summed E-state index contributed by atoms with van der Waals surface area (Å²) in [5, 5.41) is 0. The lowest BCUT2D eigenvalue weighted by molar-refractivity contribution is 0.108. The van der Waals surface area contributed by atoms with E-state index in [2.05, 4.69) is 14.5 Å². The van der Waals surface area contributed by atoms with E-state index in [1.807, 2.05) is 36.9 Å². The average Bonchev–Trinajstić information content (AvgIpc) is 3.17. The number of thioether (sulfide) groups is 1. The standard InChI is InChI=1S/C24H27F2N3S/c1-16-27-23-13-18(26)5-10-24(23)29(16)21-14-19-6-7-20(15-21)28(19)11-2-12-30-22-8-3-17(25)4-9-22/h3-5,8-10,13,19-21H,2,6-7,11-12,14-15H2,1H3. The molecule has 2 aliphatic heterocycles. The number of benzene rings is 2. The van der Waals surface area contributed by atoms with Crippen molar-refractivity contribution in [3.63, 3.8) is 0 Å². The Labute approximate surface area is 180 Å². The molecule has 0 N–H and O–H groups in total. The third-order valence-corrected chi connectivity index (χ3v) is 7.79. The fourth-order valence-electron chi connectivity index (χ4n) is 5.44. The Morgan fingerprint density at radius 2 is 1.67 bits per heavy atom. The van der Waals surface area contributed by atoms with Crippen molar-refractivity contribution in [1.82, 2.24) is 14.5 Å². The summed E-state index contributed by atoms with van der Waals surface area (Å²) >= 11 is 1.81. The van der Waals surface area contributed by atoms with Gasteiger partial charge in [0.25, 0.3) is 0 Å². The minimum absolute atomic E-state index is 0.176. The van der Waals surface area contributed by atoms with Crippen LogP contribution in [0.1, 0.15) is 44.0 Å². The van der Waals surface area contributed by atoms with Gasteiger partial charge in [0.1, 0.15) is 17.5 Å². The largest absolute Gasteiger partial charge is 0.325 e. The Morgan fingerprint density at radius 3 is 2.40 bits per heavy atom. The van der Waals surface area contributed by atoms with Crippen molar-refractivity contribution in [2.75, 3.05) is 12.3 Å². The van der Waals surface area contributed by atoms with Gasteiger partial charge in [-0.25, -0.2) is 13.8 Å². The SMILES string of the molecule is Cc1nc2cc(F)ccc2n1C1CC2CCC(C1)N2CCCSc1ccc(F)cc1. The molecule has 1 aromatic heterocycles. The third kappa shape index (κ3) is 3.87. The number of rotatable bonds is 6. The molecule has 5 rings (SSSR count). The zero-order chi connectivity index (χ0) is 20.7. The monoisotopic (exact) mass is 427 g/mol. The lowest BCUT2D eigenvalue weighted by Crippen LogP contribution is -2.44. The number of imidazole rings is 1. The summed E-state index contributed by atoms with van der Waals surface area (Å²) in [5.41, 5.74) is 1.82. The Morgan fingerprint density at radius 1 is 0.967 bits per heavy atom. The third-order valence-electron chi connectivity index (χ3n) is 6.70. The van der Waals surface area contributed by atoms with Crippen molar-refractivity contribution >= 4 is 22.8 Å². The van der Waals surface area contributed by atoms with Crippen LogP contribution in [0.15, 0.2) is 47.4 Å². The van der Waals surface area contributed by atoms with Gasteiger partial charge in [0.15, 0.2) is 0 Å². The molecule has 158 valence electrons. The number of nitrogens with zero attached hydrogens (tertiary/aromatic N) is 3. The van der Waals surface area contributed by atoms with Crippen LogP contribution < -0.4 is 0 Å². The molecule has 0 radical (unpaired) electrons. The maximum atomic E-state index is 13.6. The lowest BCUT2D eigenvalue weighted by Gasteiger charge is -2.40. The molecule has 2 atom stereocenters. The number of hydrogen-bond acceptors (Lipinski definition) is 3. The predicted octanol–water partition coefficient (Wildman–Crippen LogP) is 5.97. The van der Waals surface area contributed by atoms with Crippen molar-refractivity contribution in [2.24, 2.45) is 0 Å². The van der Waals surface area contributed by atoms with Crippen LogP contribution in [0.4, 0.5) is 8.78 Å². The molecular formula is C24H27F2N3S. The Hall–Kier alpha value is -1.92. The molecule has 2 unspecified atom stereocenters. The Bertz CT molecular complexity index is 1020. The molecule has 3 aromatic rings. The molecule has 2 aromatic carbocycles. The second-order valence-electron chi connectivity index (χ2n) is 8.57. The lowest BCUT2D eigenvalue weighted by atomic mass is 9.96. The average molecular weight is 428 g/mol. The van der Waals surface area contributed by atoms with Crippen LogP contribution in [0.2, 0.25) is 0 Å². The number of piperidine rings is 1. The summed E-state index contributed by atoms with van der Waals surface area (Å²) in [6, 6.07) is 13.5. The van der Waals surface area contributed by atoms with E-state index in [-0.39, 0.29) is 11.6 Å². The van der Waals surface area contributed by atoms with Crippen molar-refractivity contribution in [3.05, 3.63) is 59.9 Å². The minimum atomic E-state index is -0.222. The van der Waals surface area contributed by atoms with E-state index < -0.39 is 0 Å². The number of halogens is 2. The first-order chi connectivity index (χ1) is 14.6. The highest BCUT2D eigenvalue weighted by molar-refractivity contribution is 7.99. The molecule has 3 heterocycles. The number of hydrogen-bond donors (Lipinski definition) is 0. The molecule has 2 aliphatic rings. The molecular weight excluding hydrogens is 400 g/mol. The van der Waals surface area contributed by atoms with E-state index in [4.69, 9.17) is 0 Å². The van der Waals surface area contributed by atoms with E-state index in [1.165, 1.54) is 25.0 Å². The highest BCUT2D eigenvalue weighted by Gasteiger charge is 2.41. The van der Waals surface area contributed by atoms with Gasteiger partial charge in [0.05, 0.1) is 11.0 Å². The van der Waals surface area contributed by atoms with Crippen LogP contribution >= 0.6 is 11.8 Å². The molecule has 0 amide bonds. The van der Waals surface area contributed by atoms with E-state index in [0.717, 1.165) is 53.3 Å². The van der Waals surface area contributed by atoms with Crippen LogP contribution in [0.5, 0.6) is 0 Å². The number of fused-ring (bicyclic) bond motifs is 3. The molecule has 6 heteroatoms. The van der Waals surface area contributed by atoms with E-state index in [1.54, 1.807) is 12.1 Å². The van der Waals surface area contributed by atoms with Crippen molar-refractivity contribution in [1.29, 1.82) is 0 Å². The normalized spacial score (nSPS) is 24.0. The maximum absolute atomic E-state index is 13.6. The molecule has 2 fully saturated rings. The predicted molar refractivity (Wildman–Crippen MR) is 118 cm³/mol. The van der Waals surface area contributed by atoms with Gasteiger partial charge < -0.3 is 4.57 Å². The smallest absolute Gasteiger partial charge is 0.125 e. The minimum Gasteiger partial charge on any atom is -0.325 e. The molecule has 2 saturated heterocycles. The van der Waals surface area contributed by atoms with Crippen LogP contribution in [0.3, 0.4) is 0 Å². The molecule has 30 heavy (non-hydrogen) atoms. The molecule has 0 aliphatic carbocycles. The maximum Gasteiger partial charge on any atom is 0.125 e. The topological polar surface area (TPSA) is 21.1 Å². The summed E-state index contributed by atoms with van der Waals surface area (Å²) in [6.07, 6.45) is 5.97. The van der Waals surface area contributed by atoms with Gasteiger partial charge in [-0.2, -0.15) is 0 Å². The fourth-order valence-corrected chi connectivity index (χ4v) is 6.28. The second-order valence-corrected chi connectivity index (χ2v) is 9.73. The summed E-state index contributed by atoms with van der Waals surface area (Å²) in [5.74, 6) is 1.65. The zero-order valence-electron chi connectivity index (χ0n) is 17.2. The summed E-state index contributed by atoms with van der Waals surface area (Å²) < 4.78 is 29.0. The summed E-state index contributed by atoms with van der Waals surface area (Å²) in [6.45, 7) is 3.17. The van der Waals surface area contributed by atoms with E-state index in [9.17, 15) is 8.78 Å². The first-order valence-corrected chi connectivity index (χ1v) is 11.9. The fraction of sp³-hybridized carbons (Fsp3) is 0.458. The quantitative estimate of drug-likeness (QED) is 0.357. The van der Waals surface area contributed by atoms with Gasteiger partial charge in [-0.3, -0.25) is 4.90 Å². The number of aromatic nitrogens is 2. The highest BCUT2D eigenvalue weighted by Crippen LogP contribution is 2.42. The van der Waals surface area contributed by atoms with Gasteiger partial charge in [0, 0.05) is 29.1 Å². The van der Waals surface area contributed by atoms with Crippen LogP contribution in [-0.2, 0) is 0 Å². The van der Waals surface area contributed by atoms with Crippen molar-refractivity contribution in [3.8, 4) is 0 Å². The first-order valence-electron chi connectivity index (χ1n) is 10.9. The number of aryl methyl sites for hydroxylation is 1. The highest BCUT2D eigenvalue weighted by atomic mass is 32.2. The first kappa shape index (κ1) is 20.0. The van der Waals surface area contributed by atoms with Gasteiger partial charge in [-0.1, -0.05) is 0 Å². The molecule has 0 saturated carbocycles. The summed E-state index contributed by atoms with van der Waals surface area (Å²) in [4.78, 5) is 8.47. The van der Waals surface area contributed by atoms with Crippen LogP contribution in [0, 0.1) is 18.6 Å². The zero-order valence-corrected chi connectivity index (χ0v) is 18.0. The van der Waals surface area contributed by atoms with Crippen molar-refractivity contribution in [2.45, 2.75) is 62.0 Å². The Kier molecular flexibility index (Phi) is 5.54. The summed E-state index contributed by atoms with van der Waals surface area (Å²) in [7, 11) is 0. The van der Waals surface area contributed by atoms with Gasteiger partial charge in [0.2, 0.25) is 0 Å². The molecule has 3 nitrogen and oxygen atoms in total. The second kappa shape index (κ2) is 8.31. The van der Waals surface area contributed by atoms with Crippen molar-refractivity contribution < 1.29 is 8.78 Å². The van der Waals surface area contributed by atoms with E-state index in [0.29, 0.717) is 18.1 Å². The Balaban J connectivity index is 1.21. The molecule has 2 bridgehead atoms. The van der Waals surface area contributed by atoms with Crippen LogP contribution in [0.25, 0.3) is 11.0 Å². The van der Waals surface area contributed by atoms with Gasteiger partial charge >= 0.3 is 0 Å². The van der Waals surface area contributed by atoms with Gasteiger partial charge in [-0.15, -0.1) is 11.8 Å². The van der Waals surface area contributed by atoms with Gasteiger partial charge in [-0.05, 0) is 87.7 Å². The van der Waals surface area contributed by atoms with Crippen LogP contribution in [-0.4, -0.2) is 38.8 Å².